The van der Waals surface area contributed by atoms with E-state index in [-0.39, 0.29) is 23.8 Å². The third-order valence-electron chi connectivity index (χ3n) is 3.60. The van der Waals surface area contributed by atoms with Crippen LogP contribution in [-0.4, -0.2) is 36.8 Å². The molecule has 3 rings (SSSR count). The van der Waals surface area contributed by atoms with Crippen molar-refractivity contribution in [2.24, 2.45) is 0 Å². The Morgan fingerprint density at radius 2 is 2.00 bits per heavy atom. The highest BCUT2D eigenvalue weighted by atomic mass is 19.1. The number of hydrogen-bond acceptors (Lipinski definition) is 4. The molecule has 2 fully saturated rings. The molecule has 4 nitrogen and oxygen atoms in total. The van der Waals surface area contributed by atoms with Gasteiger partial charge in [0.2, 0.25) is 0 Å². The van der Waals surface area contributed by atoms with E-state index in [4.69, 9.17) is 4.74 Å². The second kappa shape index (κ2) is 4.92. The number of nitrogens with zero attached hydrogens (tertiary/aromatic N) is 2. The summed E-state index contributed by atoms with van der Waals surface area (Å²) in [5.41, 5.74) is 0. The summed E-state index contributed by atoms with van der Waals surface area (Å²) in [5, 5.41) is 2.81. The van der Waals surface area contributed by atoms with Crippen LogP contribution in [0.3, 0.4) is 0 Å². The fourth-order valence-corrected chi connectivity index (χ4v) is 2.76. The SMILES string of the molecule is CCNc1nc(N2CC3CCC(C2)O3)c(F)cc1F. The fraction of sp³-hybridized carbons (Fsp3) is 0.615. The van der Waals surface area contributed by atoms with Gasteiger partial charge in [0.1, 0.15) is 0 Å². The first-order valence-electron chi connectivity index (χ1n) is 6.67. The Morgan fingerprint density at radius 1 is 1.32 bits per heavy atom. The quantitative estimate of drug-likeness (QED) is 0.912. The van der Waals surface area contributed by atoms with E-state index in [0.29, 0.717) is 19.6 Å². The number of anilines is 2. The van der Waals surface area contributed by atoms with Crippen molar-refractivity contribution in [3.05, 3.63) is 17.7 Å². The fourth-order valence-electron chi connectivity index (χ4n) is 2.76. The Hall–Kier alpha value is -1.43. The minimum atomic E-state index is -0.653. The van der Waals surface area contributed by atoms with E-state index in [2.05, 4.69) is 10.3 Å². The summed E-state index contributed by atoms with van der Waals surface area (Å²) in [6.07, 6.45) is 2.30. The maximum Gasteiger partial charge on any atom is 0.168 e. The lowest BCUT2D eigenvalue weighted by atomic mass is 10.2. The summed E-state index contributed by atoms with van der Waals surface area (Å²) < 4.78 is 33.2. The van der Waals surface area contributed by atoms with Crippen molar-refractivity contribution in [3.8, 4) is 0 Å². The largest absolute Gasteiger partial charge is 0.371 e. The molecule has 0 radical (unpaired) electrons. The predicted molar refractivity (Wildman–Crippen MR) is 68.4 cm³/mol. The van der Waals surface area contributed by atoms with Crippen molar-refractivity contribution in [1.29, 1.82) is 0 Å². The summed E-state index contributed by atoms with van der Waals surface area (Å²) in [4.78, 5) is 5.95. The molecule has 19 heavy (non-hydrogen) atoms. The minimum Gasteiger partial charge on any atom is -0.371 e. The standard InChI is InChI=1S/C13H17F2N3O/c1-2-16-12-10(14)5-11(15)13(17-12)18-6-8-3-4-9(7-18)19-8/h5,8-9H,2-4,6-7H2,1H3,(H,16,17). The maximum absolute atomic E-state index is 13.9. The van der Waals surface area contributed by atoms with Crippen molar-refractivity contribution in [3.63, 3.8) is 0 Å². The molecule has 2 aliphatic heterocycles. The Morgan fingerprint density at radius 3 is 2.63 bits per heavy atom. The minimum absolute atomic E-state index is 0.109. The van der Waals surface area contributed by atoms with Crippen LogP contribution in [0.1, 0.15) is 19.8 Å². The van der Waals surface area contributed by atoms with Crippen LogP contribution in [-0.2, 0) is 4.74 Å². The average molecular weight is 269 g/mol. The molecule has 0 saturated carbocycles. The van der Waals surface area contributed by atoms with Crippen LogP contribution in [0.15, 0.2) is 6.07 Å². The zero-order valence-corrected chi connectivity index (χ0v) is 10.8. The first-order chi connectivity index (χ1) is 9.17. The van der Waals surface area contributed by atoms with E-state index in [0.717, 1.165) is 18.9 Å². The lowest BCUT2D eigenvalue weighted by molar-refractivity contribution is 0.0300. The number of nitrogens with one attached hydrogen (secondary N) is 1. The molecule has 1 aromatic heterocycles. The Kier molecular flexibility index (Phi) is 3.26. The molecule has 0 amide bonds. The highest BCUT2D eigenvalue weighted by molar-refractivity contribution is 5.50. The molecule has 2 aliphatic rings. The van der Waals surface area contributed by atoms with Crippen molar-refractivity contribution in [2.75, 3.05) is 29.9 Å². The molecule has 1 aromatic rings. The predicted octanol–water partition coefficient (Wildman–Crippen LogP) is 2.16. The number of halogens is 2. The van der Waals surface area contributed by atoms with Gasteiger partial charge in [-0.3, -0.25) is 0 Å². The van der Waals surface area contributed by atoms with Crippen molar-refractivity contribution < 1.29 is 13.5 Å². The van der Waals surface area contributed by atoms with Crippen LogP contribution in [0.25, 0.3) is 0 Å². The van der Waals surface area contributed by atoms with E-state index >= 15 is 0 Å². The Balaban J connectivity index is 1.89. The van der Waals surface area contributed by atoms with Crippen LogP contribution in [0.4, 0.5) is 20.4 Å². The van der Waals surface area contributed by atoms with Gasteiger partial charge in [-0.2, -0.15) is 0 Å². The van der Waals surface area contributed by atoms with Crippen molar-refractivity contribution in [2.45, 2.75) is 32.0 Å². The molecule has 0 spiro atoms. The van der Waals surface area contributed by atoms with Gasteiger partial charge in [0.05, 0.1) is 12.2 Å². The highest BCUT2D eigenvalue weighted by Crippen LogP contribution is 2.31. The summed E-state index contributed by atoms with van der Waals surface area (Å²) in [5.74, 6) is -0.935. The lowest BCUT2D eigenvalue weighted by Crippen LogP contribution is -2.43. The second-order valence-corrected chi connectivity index (χ2v) is 5.02. The van der Waals surface area contributed by atoms with E-state index in [1.165, 1.54) is 0 Å². The van der Waals surface area contributed by atoms with Gasteiger partial charge in [-0.1, -0.05) is 0 Å². The molecule has 0 aromatic carbocycles. The van der Waals surface area contributed by atoms with Crippen LogP contribution in [0.2, 0.25) is 0 Å². The van der Waals surface area contributed by atoms with Gasteiger partial charge in [-0.15, -0.1) is 0 Å². The van der Waals surface area contributed by atoms with Crippen LogP contribution in [0, 0.1) is 11.6 Å². The summed E-state index contributed by atoms with van der Waals surface area (Å²) in [6, 6.07) is 0.900. The zero-order valence-electron chi connectivity index (χ0n) is 10.8. The van der Waals surface area contributed by atoms with E-state index in [1.54, 1.807) is 0 Å². The monoisotopic (exact) mass is 269 g/mol. The smallest absolute Gasteiger partial charge is 0.168 e. The summed E-state index contributed by atoms with van der Waals surface area (Å²) in [7, 11) is 0. The summed E-state index contributed by atoms with van der Waals surface area (Å²) >= 11 is 0. The zero-order chi connectivity index (χ0) is 13.4. The molecule has 104 valence electrons. The number of ether oxygens (including phenoxy) is 1. The van der Waals surface area contributed by atoms with Gasteiger partial charge >= 0.3 is 0 Å². The number of fused-ring (bicyclic) bond motifs is 2. The van der Waals surface area contributed by atoms with Gasteiger partial charge < -0.3 is 15.0 Å². The number of pyridine rings is 1. The van der Waals surface area contributed by atoms with Gasteiger partial charge in [0, 0.05) is 25.7 Å². The normalized spacial score (nSPS) is 25.7. The Labute approximate surface area is 110 Å². The maximum atomic E-state index is 13.9. The second-order valence-electron chi connectivity index (χ2n) is 5.02. The summed E-state index contributed by atoms with van der Waals surface area (Å²) in [6.45, 7) is 3.64. The molecular weight excluding hydrogens is 252 g/mol. The van der Waals surface area contributed by atoms with Gasteiger partial charge in [0.15, 0.2) is 23.3 Å². The number of rotatable bonds is 3. The first kappa shape index (κ1) is 12.6. The first-order valence-corrected chi connectivity index (χ1v) is 6.67. The highest BCUT2D eigenvalue weighted by Gasteiger charge is 2.35. The number of aromatic nitrogens is 1. The van der Waals surface area contributed by atoms with E-state index in [9.17, 15) is 8.78 Å². The molecule has 6 heteroatoms. The molecule has 2 atom stereocenters. The van der Waals surface area contributed by atoms with E-state index in [1.807, 2.05) is 11.8 Å². The van der Waals surface area contributed by atoms with Gasteiger partial charge in [0.25, 0.3) is 0 Å². The molecule has 0 aliphatic carbocycles. The van der Waals surface area contributed by atoms with Crippen LogP contribution >= 0.6 is 0 Å². The van der Waals surface area contributed by atoms with Gasteiger partial charge in [-0.05, 0) is 19.8 Å². The topological polar surface area (TPSA) is 37.4 Å². The lowest BCUT2D eigenvalue weighted by Gasteiger charge is -2.33. The van der Waals surface area contributed by atoms with E-state index < -0.39 is 11.6 Å². The van der Waals surface area contributed by atoms with Crippen molar-refractivity contribution in [1.82, 2.24) is 4.98 Å². The molecular formula is C13H17F2N3O. The molecule has 3 heterocycles. The van der Waals surface area contributed by atoms with Crippen LogP contribution in [0.5, 0.6) is 0 Å². The average Bonchev–Trinajstić information content (AvgIpc) is 2.72. The van der Waals surface area contributed by atoms with Gasteiger partial charge in [-0.25, -0.2) is 13.8 Å². The third-order valence-corrected chi connectivity index (χ3v) is 3.60. The van der Waals surface area contributed by atoms with Crippen LogP contribution < -0.4 is 10.2 Å². The number of morpholine rings is 1. The molecule has 2 bridgehead atoms. The molecule has 1 N–H and O–H groups in total. The third kappa shape index (κ3) is 2.36. The Bertz CT molecular complexity index is 471. The molecule has 2 unspecified atom stereocenters. The molecule has 2 saturated heterocycles. The van der Waals surface area contributed by atoms with Crippen molar-refractivity contribution >= 4 is 11.6 Å². The number of hydrogen-bond donors (Lipinski definition) is 1.